The van der Waals surface area contributed by atoms with Crippen molar-refractivity contribution in [2.45, 2.75) is 25.7 Å². The Labute approximate surface area is 97.1 Å². The van der Waals surface area contributed by atoms with Gasteiger partial charge in [-0.05, 0) is 18.9 Å². The Kier molecular flexibility index (Phi) is 5.64. The maximum absolute atomic E-state index is 8.66. The molecule has 90 valence electrons. The van der Waals surface area contributed by atoms with Crippen LogP contribution < -0.4 is 10.6 Å². The first-order valence-electron chi connectivity index (χ1n) is 5.77. The van der Waals surface area contributed by atoms with Gasteiger partial charge in [0, 0.05) is 26.4 Å². The molecular formula is C12H21N3O. The summed E-state index contributed by atoms with van der Waals surface area (Å²) in [6.07, 6.45) is 7.71. The molecule has 0 saturated heterocycles. The smallest absolute Gasteiger partial charge is 0.0738 e. The van der Waals surface area contributed by atoms with Gasteiger partial charge in [0.05, 0.1) is 17.6 Å². The molecule has 0 fully saturated rings. The molecule has 0 unspecified atom stereocenters. The lowest BCUT2D eigenvalue weighted by Crippen LogP contribution is -2.19. The van der Waals surface area contributed by atoms with Crippen molar-refractivity contribution >= 4 is 11.4 Å². The first kappa shape index (κ1) is 12.8. The average Bonchev–Trinajstić information content (AvgIpc) is 2.29. The summed E-state index contributed by atoms with van der Waals surface area (Å²) in [6.45, 7) is 1.28. The number of aliphatic hydroxyl groups is 1. The minimum absolute atomic E-state index is 0.299. The number of nitrogen functional groups attached to an aromatic ring is 1. The summed E-state index contributed by atoms with van der Waals surface area (Å²) >= 11 is 0. The van der Waals surface area contributed by atoms with Crippen LogP contribution in [0.5, 0.6) is 0 Å². The summed E-state index contributed by atoms with van der Waals surface area (Å²) in [5, 5.41) is 8.66. The number of aromatic nitrogens is 1. The van der Waals surface area contributed by atoms with Gasteiger partial charge in [-0.2, -0.15) is 0 Å². The number of hydrogen-bond acceptors (Lipinski definition) is 4. The molecule has 0 aliphatic heterocycles. The van der Waals surface area contributed by atoms with Crippen LogP contribution in [0.15, 0.2) is 18.5 Å². The third-order valence-electron chi connectivity index (χ3n) is 2.64. The lowest BCUT2D eigenvalue weighted by Gasteiger charge is -2.20. The van der Waals surface area contributed by atoms with Crippen molar-refractivity contribution in [3.8, 4) is 0 Å². The van der Waals surface area contributed by atoms with Gasteiger partial charge < -0.3 is 15.7 Å². The van der Waals surface area contributed by atoms with Crippen molar-refractivity contribution in [3.05, 3.63) is 18.5 Å². The van der Waals surface area contributed by atoms with E-state index in [1.165, 1.54) is 0 Å². The van der Waals surface area contributed by atoms with Crippen LogP contribution in [0.2, 0.25) is 0 Å². The van der Waals surface area contributed by atoms with E-state index in [9.17, 15) is 0 Å². The standard InChI is InChI=1S/C12H21N3O/c1-15(8-4-2-3-5-9-16)12-6-7-14-10-11(12)13/h6-7,10,16H,2-5,8-9,13H2,1H3. The summed E-state index contributed by atoms with van der Waals surface area (Å²) in [6, 6.07) is 1.93. The Morgan fingerprint density at radius 1 is 1.31 bits per heavy atom. The number of unbranched alkanes of at least 4 members (excludes halogenated alkanes) is 3. The van der Waals surface area contributed by atoms with Crippen molar-refractivity contribution in [2.24, 2.45) is 0 Å². The minimum Gasteiger partial charge on any atom is -0.396 e. The molecule has 1 rings (SSSR count). The Hall–Kier alpha value is -1.29. The summed E-state index contributed by atoms with van der Waals surface area (Å²) in [4.78, 5) is 6.12. The largest absolute Gasteiger partial charge is 0.396 e. The number of nitrogens with two attached hydrogens (primary N) is 1. The molecule has 0 aliphatic carbocycles. The first-order chi connectivity index (χ1) is 7.75. The van der Waals surface area contributed by atoms with Gasteiger partial charge >= 0.3 is 0 Å². The van der Waals surface area contributed by atoms with E-state index in [-0.39, 0.29) is 0 Å². The van der Waals surface area contributed by atoms with Crippen molar-refractivity contribution in [3.63, 3.8) is 0 Å². The molecule has 16 heavy (non-hydrogen) atoms. The van der Waals surface area contributed by atoms with Crippen LogP contribution in [0.4, 0.5) is 11.4 Å². The van der Waals surface area contributed by atoms with Crippen molar-refractivity contribution in [1.82, 2.24) is 4.98 Å². The molecule has 4 nitrogen and oxygen atoms in total. The fourth-order valence-electron chi connectivity index (χ4n) is 1.68. The number of rotatable bonds is 7. The molecule has 3 N–H and O–H groups in total. The minimum atomic E-state index is 0.299. The lowest BCUT2D eigenvalue weighted by molar-refractivity contribution is 0.282. The first-order valence-corrected chi connectivity index (χ1v) is 5.77. The zero-order chi connectivity index (χ0) is 11.8. The normalized spacial score (nSPS) is 10.4. The third kappa shape index (κ3) is 4.06. The fourth-order valence-corrected chi connectivity index (χ4v) is 1.68. The molecule has 0 saturated carbocycles. The van der Waals surface area contributed by atoms with E-state index in [0.29, 0.717) is 6.61 Å². The van der Waals surface area contributed by atoms with Crippen LogP contribution in [-0.4, -0.2) is 30.3 Å². The lowest BCUT2D eigenvalue weighted by atomic mass is 10.2. The number of anilines is 2. The fraction of sp³-hybridized carbons (Fsp3) is 0.583. The van der Waals surface area contributed by atoms with Gasteiger partial charge in [-0.3, -0.25) is 4.98 Å². The summed E-state index contributed by atoms with van der Waals surface area (Å²) < 4.78 is 0. The zero-order valence-corrected chi connectivity index (χ0v) is 9.89. The highest BCUT2D eigenvalue weighted by atomic mass is 16.2. The van der Waals surface area contributed by atoms with E-state index in [4.69, 9.17) is 10.8 Å². The van der Waals surface area contributed by atoms with Gasteiger partial charge in [-0.1, -0.05) is 12.8 Å². The molecule has 1 aromatic rings. The van der Waals surface area contributed by atoms with Crippen LogP contribution in [0.1, 0.15) is 25.7 Å². The molecule has 0 amide bonds. The van der Waals surface area contributed by atoms with E-state index in [1.54, 1.807) is 12.4 Å². The van der Waals surface area contributed by atoms with Gasteiger partial charge in [0.2, 0.25) is 0 Å². The van der Waals surface area contributed by atoms with Gasteiger partial charge in [0.15, 0.2) is 0 Å². The monoisotopic (exact) mass is 223 g/mol. The molecule has 0 spiro atoms. The maximum atomic E-state index is 8.66. The second kappa shape index (κ2) is 7.06. The molecule has 0 aromatic carbocycles. The molecule has 0 bridgehead atoms. The summed E-state index contributed by atoms with van der Waals surface area (Å²) in [7, 11) is 2.04. The SMILES string of the molecule is CN(CCCCCCO)c1ccncc1N. The summed E-state index contributed by atoms with van der Waals surface area (Å²) in [5.41, 5.74) is 7.60. The topological polar surface area (TPSA) is 62.4 Å². The van der Waals surface area contributed by atoms with E-state index in [1.807, 2.05) is 13.1 Å². The van der Waals surface area contributed by atoms with Gasteiger partial charge in [0.25, 0.3) is 0 Å². The highest BCUT2D eigenvalue weighted by Gasteiger charge is 2.03. The van der Waals surface area contributed by atoms with Crippen LogP contribution >= 0.6 is 0 Å². The third-order valence-corrected chi connectivity index (χ3v) is 2.64. The molecule has 0 aliphatic rings. The van der Waals surface area contributed by atoms with Gasteiger partial charge in [-0.25, -0.2) is 0 Å². The Bertz CT molecular complexity index is 304. The Morgan fingerprint density at radius 2 is 2.06 bits per heavy atom. The van der Waals surface area contributed by atoms with Crippen molar-refractivity contribution in [2.75, 3.05) is 30.8 Å². The molecule has 1 heterocycles. The number of aliphatic hydroxyl groups excluding tert-OH is 1. The van der Waals surface area contributed by atoms with Crippen molar-refractivity contribution < 1.29 is 5.11 Å². The molecular weight excluding hydrogens is 202 g/mol. The van der Waals surface area contributed by atoms with E-state index in [2.05, 4.69) is 9.88 Å². The maximum Gasteiger partial charge on any atom is 0.0738 e. The van der Waals surface area contributed by atoms with E-state index >= 15 is 0 Å². The molecule has 1 aromatic heterocycles. The van der Waals surface area contributed by atoms with E-state index < -0.39 is 0 Å². The highest BCUT2D eigenvalue weighted by Crippen LogP contribution is 2.20. The quantitative estimate of drug-likeness (QED) is 0.690. The second-order valence-corrected chi connectivity index (χ2v) is 3.99. The molecule has 0 radical (unpaired) electrons. The van der Waals surface area contributed by atoms with Crippen LogP contribution in [0, 0.1) is 0 Å². The van der Waals surface area contributed by atoms with Crippen LogP contribution in [0.25, 0.3) is 0 Å². The number of pyridine rings is 1. The van der Waals surface area contributed by atoms with Gasteiger partial charge in [0.1, 0.15) is 0 Å². The molecule has 0 atom stereocenters. The van der Waals surface area contributed by atoms with Crippen LogP contribution in [0.3, 0.4) is 0 Å². The van der Waals surface area contributed by atoms with Crippen LogP contribution in [-0.2, 0) is 0 Å². The Morgan fingerprint density at radius 3 is 2.75 bits per heavy atom. The van der Waals surface area contributed by atoms with E-state index in [0.717, 1.165) is 43.6 Å². The highest BCUT2D eigenvalue weighted by molar-refractivity contribution is 5.65. The Balaban J connectivity index is 2.30. The number of hydrogen-bond donors (Lipinski definition) is 2. The van der Waals surface area contributed by atoms with Crippen molar-refractivity contribution in [1.29, 1.82) is 0 Å². The average molecular weight is 223 g/mol. The summed E-state index contributed by atoms with van der Waals surface area (Å²) in [5.74, 6) is 0. The number of nitrogens with zero attached hydrogens (tertiary/aromatic N) is 2. The zero-order valence-electron chi connectivity index (χ0n) is 9.89. The predicted molar refractivity (Wildman–Crippen MR) is 67.5 cm³/mol. The second-order valence-electron chi connectivity index (χ2n) is 3.99. The molecule has 4 heteroatoms. The van der Waals surface area contributed by atoms with Gasteiger partial charge in [-0.15, -0.1) is 0 Å². The predicted octanol–water partition coefficient (Wildman–Crippen LogP) is 1.65.